The summed E-state index contributed by atoms with van der Waals surface area (Å²) in [5.41, 5.74) is 1.83. The van der Waals surface area contributed by atoms with E-state index >= 15 is 0 Å². The lowest BCUT2D eigenvalue weighted by Crippen LogP contribution is -1.85. The monoisotopic (exact) mass is 150 g/mol. The third kappa shape index (κ3) is 2.89. The van der Waals surface area contributed by atoms with Crippen LogP contribution in [0.1, 0.15) is 13.8 Å². The molecule has 0 aliphatic carbocycles. The summed E-state index contributed by atoms with van der Waals surface area (Å²) < 4.78 is 0. The number of aliphatic hydroxyl groups is 1. The van der Waals surface area contributed by atoms with E-state index < -0.39 is 0 Å². The van der Waals surface area contributed by atoms with Gasteiger partial charge in [0.2, 0.25) is 0 Å². The fourth-order valence-corrected chi connectivity index (χ4v) is 0.657. The van der Waals surface area contributed by atoms with Crippen LogP contribution in [0.4, 0.5) is 0 Å². The minimum atomic E-state index is 0.223. The third-order valence-electron chi connectivity index (χ3n) is 1.54. The number of hydrogen-bond acceptors (Lipinski definition) is 1. The van der Waals surface area contributed by atoms with Gasteiger partial charge >= 0.3 is 0 Å². The van der Waals surface area contributed by atoms with Gasteiger partial charge in [-0.05, 0) is 31.1 Å². The van der Waals surface area contributed by atoms with Gasteiger partial charge in [-0.1, -0.05) is 25.3 Å². The minimum Gasteiger partial charge on any atom is -0.508 e. The molecule has 0 spiro atoms. The predicted octanol–water partition coefficient (Wildman–Crippen LogP) is 3.14. The average Bonchev–Trinajstić information content (AvgIpc) is 2.02. The fourth-order valence-electron chi connectivity index (χ4n) is 0.657. The number of hydrogen-bond donors (Lipinski definition) is 1. The van der Waals surface area contributed by atoms with Crippen molar-refractivity contribution < 1.29 is 5.11 Å². The summed E-state index contributed by atoms with van der Waals surface area (Å²) in [4.78, 5) is 0. The normalized spacial score (nSPS) is 13.8. The van der Waals surface area contributed by atoms with Gasteiger partial charge in [-0.15, -0.1) is 0 Å². The van der Waals surface area contributed by atoms with Crippen molar-refractivity contribution in [3.05, 3.63) is 48.3 Å². The Bertz CT molecular complexity index is 219. The Labute approximate surface area is 68.1 Å². The largest absolute Gasteiger partial charge is 0.508 e. The molecule has 0 saturated carbocycles. The van der Waals surface area contributed by atoms with Gasteiger partial charge in [-0.25, -0.2) is 0 Å². The van der Waals surface area contributed by atoms with E-state index in [4.69, 9.17) is 0 Å². The molecule has 0 aliphatic heterocycles. The molecule has 0 fully saturated rings. The zero-order valence-electron chi connectivity index (χ0n) is 7.09. The lowest BCUT2D eigenvalue weighted by molar-refractivity contribution is 0.427. The van der Waals surface area contributed by atoms with Gasteiger partial charge in [0.15, 0.2) is 0 Å². The molecule has 1 nitrogen and oxygen atoms in total. The van der Waals surface area contributed by atoms with Crippen LogP contribution in [0.5, 0.6) is 0 Å². The molecule has 0 amide bonds. The molecule has 11 heavy (non-hydrogen) atoms. The van der Waals surface area contributed by atoms with Gasteiger partial charge in [-0.2, -0.15) is 0 Å². The maximum absolute atomic E-state index is 9.21. The second kappa shape index (κ2) is 4.56. The van der Waals surface area contributed by atoms with E-state index in [1.165, 1.54) is 6.08 Å². The van der Waals surface area contributed by atoms with Gasteiger partial charge in [-0.3, -0.25) is 0 Å². The van der Waals surface area contributed by atoms with Crippen molar-refractivity contribution in [2.24, 2.45) is 0 Å². The lowest BCUT2D eigenvalue weighted by Gasteiger charge is -2.01. The highest BCUT2D eigenvalue weighted by Crippen LogP contribution is 2.12. The van der Waals surface area contributed by atoms with Gasteiger partial charge in [0.05, 0.1) is 0 Å². The zero-order chi connectivity index (χ0) is 8.85. The van der Waals surface area contributed by atoms with Crippen molar-refractivity contribution in [1.82, 2.24) is 0 Å². The molecule has 0 aliphatic rings. The molecule has 0 aromatic heterocycles. The number of allylic oxidation sites excluding steroid dienone is 5. The molecular formula is C10H14O. The summed E-state index contributed by atoms with van der Waals surface area (Å²) in [5.74, 6) is 0.223. The van der Waals surface area contributed by atoms with Crippen LogP contribution in [0, 0.1) is 0 Å². The molecule has 0 heterocycles. The van der Waals surface area contributed by atoms with E-state index in [1.54, 1.807) is 6.08 Å². The van der Waals surface area contributed by atoms with Crippen LogP contribution in [0.3, 0.4) is 0 Å². The van der Waals surface area contributed by atoms with E-state index in [0.717, 1.165) is 11.1 Å². The van der Waals surface area contributed by atoms with Crippen molar-refractivity contribution in [3.63, 3.8) is 0 Å². The maximum Gasteiger partial charge on any atom is 0.118 e. The van der Waals surface area contributed by atoms with Crippen molar-refractivity contribution in [3.8, 4) is 0 Å². The molecule has 1 N–H and O–H groups in total. The van der Waals surface area contributed by atoms with Gasteiger partial charge in [0, 0.05) is 0 Å². The highest BCUT2D eigenvalue weighted by atomic mass is 16.3. The molecule has 0 saturated heterocycles. The smallest absolute Gasteiger partial charge is 0.118 e. The summed E-state index contributed by atoms with van der Waals surface area (Å²) in [5, 5.41) is 9.21. The molecule has 1 heteroatoms. The molecule has 0 aromatic rings. The predicted molar refractivity (Wildman–Crippen MR) is 49.5 cm³/mol. The second-order valence-corrected chi connectivity index (χ2v) is 2.30. The second-order valence-electron chi connectivity index (χ2n) is 2.30. The number of aliphatic hydroxyl groups excluding tert-OH is 1. The molecule has 0 atom stereocenters. The Morgan fingerprint density at radius 3 is 2.18 bits per heavy atom. The Hall–Kier alpha value is -1.24. The van der Waals surface area contributed by atoms with E-state index in [0.29, 0.717) is 0 Å². The summed E-state index contributed by atoms with van der Waals surface area (Å²) in [6.07, 6.45) is 4.96. The highest BCUT2D eigenvalue weighted by molar-refractivity contribution is 5.34. The molecule has 0 unspecified atom stereocenters. The van der Waals surface area contributed by atoms with Crippen LogP contribution in [0.15, 0.2) is 48.3 Å². The van der Waals surface area contributed by atoms with Crippen LogP contribution in [-0.4, -0.2) is 5.11 Å². The van der Waals surface area contributed by atoms with E-state index in [1.807, 2.05) is 19.9 Å². The Kier molecular flexibility index (Phi) is 4.04. The summed E-state index contributed by atoms with van der Waals surface area (Å²) in [7, 11) is 0. The van der Waals surface area contributed by atoms with Gasteiger partial charge in [0.1, 0.15) is 5.76 Å². The fraction of sp³-hybridized carbons (Fsp3) is 0.200. The maximum atomic E-state index is 9.21. The van der Waals surface area contributed by atoms with Gasteiger partial charge < -0.3 is 5.11 Å². The summed E-state index contributed by atoms with van der Waals surface area (Å²) >= 11 is 0. The van der Waals surface area contributed by atoms with E-state index in [-0.39, 0.29) is 5.76 Å². The van der Waals surface area contributed by atoms with E-state index in [9.17, 15) is 5.11 Å². The molecule has 0 aromatic carbocycles. The summed E-state index contributed by atoms with van der Waals surface area (Å²) in [6, 6.07) is 0. The molecule has 0 rings (SSSR count). The minimum absolute atomic E-state index is 0.223. The van der Waals surface area contributed by atoms with Crippen molar-refractivity contribution >= 4 is 0 Å². The van der Waals surface area contributed by atoms with Crippen LogP contribution in [0.2, 0.25) is 0 Å². The standard InChI is InChI=1S/C10H14O/c1-5-7-8(3)9(4)10(11)6-2/h5-7,11H,1-2H2,3-4H3/b8-7-,10-9+. The third-order valence-corrected chi connectivity index (χ3v) is 1.54. The summed E-state index contributed by atoms with van der Waals surface area (Å²) in [6.45, 7) is 10.8. The topological polar surface area (TPSA) is 20.2 Å². The first kappa shape index (κ1) is 9.76. The van der Waals surface area contributed by atoms with Crippen LogP contribution in [0.25, 0.3) is 0 Å². The first-order valence-electron chi connectivity index (χ1n) is 3.45. The van der Waals surface area contributed by atoms with Crippen LogP contribution < -0.4 is 0 Å². The van der Waals surface area contributed by atoms with Crippen LogP contribution >= 0.6 is 0 Å². The first-order chi connectivity index (χ1) is 5.13. The zero-order valence-corrected chi connectivity index (χ0v) is 7.09. The Morgan fingerprint density at radius 1 is 1.27 bits per heavy atom. The lowest BCUT2D eigenvalue weighted by atomic mass is 10.1. The van der Waals surface area contributed by atoms with Gasteiger partial charge in [0.25, 0.3) is 0 Å². The molecule has 0 radical (unpaired) electrons. The van der Waals surface area contributed by atoms with Crippen molar-refractivity contribution in [1.29, 1.82) is 0 Å². The first-order valence-corrected chi connectivity index (χ1v) is 3.45. The number of rotatable bonds is 3. The van der Waals surface area contributed by atoms with E-state index in [2.05, 4.69) is 13.2 Å². The quantitative estimate of drug-likeness (QED) is 0.484. The van der Waals surface area contributed by atoms with Crippen molar-refractivity contribution in [2.45, 2.75) is 13.8 Å². The molecule has 60 valence electrons. The molecule has 0 bridgehead atoms. The SMILES string of the molecule is C=C/C=C(C)\C(C)=C(\O)C=C. The Morgan fingerprint density at radius 2 is 1.82 bits per heavy atom. The van der Waals surface area contributed by atoms with Crippen molar-refractivity contribution in [2.75, 3.05) is 0 Å². The van der Waals surface area contributed by atoms with Crippen LogP contribution in [-0.2, 0) is 0 Å². The average molecular weight is 150 g/mol. The highest BCUT2D eigenvalue weighted by Gasteiger charge is 1.96. The Balaban J connectivity index is 4.72. The molecular weight excluding hydrogens is 136 g/mol.